The molecule has 0 N–H and O–H groups in total. The van der Waals surface area contributed by atoms with Gasteiger partial charge in [0, 0.05) is 43.6 Å². The molecule has 1 aromatic heterocycles. The van der Waals surface area contributed by atoms with E-state index in [1.165, 1.54) is 6.07 Å². The van der Waals surface area contributed by atoms with Gasteiger partial charge in [-0.15, -0.1) is 0 Å². The minimum absolute atomic E-state index is 0.262. The number of benzene rings is 1. The first-order chi connectivity index (χ1) is 11.5. The topological polar surface area (TPSA) is 66.4 Å². The van der Waals surface area contributed by atoms with Gasteiger partial charge in [-0.3, -0.25) is 0 Å². The largest absolute Gasteiger partial charge is 0.340 e. The van der Waals surface area contributed by atoms with E-state index in [1.807, 2.05) is 0 Å². The third-order valence-corrected chi connectivity index (χ3v) is 6.78. The SMILES string of the molecule is O=S(=O)(c1cccc(Cl)c1)N1CC2CN(c3ncccn3)CC2C1. The summed E-state index contributed by atoms with van der Waals surface area (Å²) >= 11 is 5.94. The van der Waals surface area contributed by atoms with Gasteiger partial charge in [0.05, 0.1) is 4.90 Å². The number of fused-ring (bicyclic) bond motifs is 1. The van der Waals surface area contributed by atoms with Crippen LogP contribution in [0.2, 0.25) is 5.02 Å². The number of anilines is 1. The molecule has 0 aliphatic carbocycles. The molecule has 0 saturated carbocycles. The Hall–Kier alpha value is -1.70. The van der Waals surface area contributed by atoms with Gasteiger partial charge in [0.2, 0.25) is 16.0 Å². The highest BCUT2D eigenvalue weighted by molar-refractivity contribution is 7.89. The molecule has 2 fully saturated rings. The summed E-state index contributed by atoms with van der Waals surface area (Å²) in [7, 11) is -3.49. The van der Waals surface area contributed by atoms with Crippen LogP contribution in [0.3, 0.4) is 0 Å². The zero-order valence-corrected chi connectivity index (χ0v) is 14.5. The van der Waals surface area contributed by atoms with Gasteiger partial charge in [-0.25, -0.2) is 18.4 Å². The van der Waals surface area contributed by atoms with E-state index in [0.717, 1.165) is 19.0 Å². The van der Waals surface area contributed by atoms with E-state index in [4.69, 9.17) is 11.6 Å². The van der Waals surface area contributed by atoms with E-state index in [0.29, 0.717) is 29.9 Å². The van der Waals surface area contributed by atoms with Gasteiger partial charge in [0.15, 0.2) is 0 Å². The van der Waals surface area contributed by atoms with E-state index >= 15 is 0 Å². The van der Waals surface area contributed by atoms with Gasteiger partial charge in [0.1, 0.15) is 0 Å². The molecule has 4 rings (SSSR count). The lowest BCUT2D eigenvalue weighted by molar-refractivity contribution is 0.453. The molecule has 2 aliphatic heterocycles. The maximum absolute atomic E-state index is 12.8. The Labute approximate surface area is 146 Å². The normalized spacial score (nSPS) is 24.3. The molecule has 0 spiro atoms. The van der Waals surface area contributed by atoms with Crippen molar-refractivity contribution < 1.29 is 8.42 Å². The molecule has 2 saturated heterocycles. The number of nitrogens with zero attached hydrogens (tertiary/aromatic N) is 4. The predicted octanol–water partition coefficient (Wildman–Crippen LogP) is 1.89. The van der Waals surface area contributed by atoms with Crippen molar-refractivity contribution in [2.45, 2.75) is 4.90 Å². The summed E-state index contributed by atoms with van der Waals surface area (Å²) in [5.41, 5.74) is 0. The molecule has 6 nitrogen and oxygen atoms in total. The Bertz CT molecular complexity index is 832. The Morgan fingerprint density at radius 2 is 1.67 bits per heavy atom. The molecule has 2 atom stereocenters. The van der Waals surface area contributed by atoms with E-state index in [-0.39, 0.29) is 4.90 Å². The van der Waals surface area contributed by atoms with Crippen molar-refractivity contribution in [3.63, 3.8) is 0 Å². The van der Waals surface area contributed by atoms with Crippen LogP contribution in [0.15, 0.2) is 47.6 Å². The van der Waals surface area contributed by atoms with Crippen molar-refractivity contribution in [3.05, 3.63) is 47.7 Å². The van der Waals surface area contributed by atoms with Crippen molar-refractivity contribution >= 4 is 27.6 Å². The van der Waals surface area contributed by atoms with Crippen molar-refractivity contribution in [1.82, 2.24) is 14.3 Å². The minimum Gasteiger partial charge on any atom is -0.340 e. The lowest BCUT2D eigenvalue weighted by atomic mass is 10.0. The maximum atomic E-state index is 12.8. The first-order valence-electron chi connectivity index (χ1n) is 7.82. The van der Waals surface area contributed by atoms with Crippen LogP contribution in [-0.2, 0) is 10.0 Å². The summed E-state index contributed by atoms with van der Waals surface area (Å²) in [6, 6.07) is 8.24. The van der Waals surface area contributed by atoms with Gasteiger partial charge in [-0.1, -0.05) is 17.7 Å². The van der Waals surface area contributed by atoms with E-state index in [9.17, 15) is 8.42 Å². The summed E-state index contributed by atoms with van der Waals surface area (Å²) in [5.74, 6) is 1.33. The van der Waals surface area contributed by atoms with Crippen LogP contribution >= 0.6 is 11.6 Å². The van der Waals surface area contributed by atoms with Crippen LogP contribution in [0.1, 0.15) is 0 Å². The van der Waals surface area contributed by atoms with Gasteiger partial charge in [0.25, 0.3) is 0 Å². The summed E-state index contributed by atoms with van der Waals surface area (Å²) in [5, 5.41) is 0.433. The summed E-state index contributed by atoms with van der Waals surface area (Å²) in [6.45, 7) is 2.64. The Balaban J connectivity index is 1.49. The zero-order chi connectivity index (χ0) is 16.7. The maximum Gasteiger partial charge on any atom is 0.243 e. The molecule has 1 aromatic carbocycles. The molecule has 0 radical (unpaired) electrons. The highest BCUT2D eigenvalue weighted by Crippen LogP contribution is 2.35. The first-order valence-corrected chi connectivity index (χ1v) is 9.63. The van der Waals surface area contributed by atoms with Crippen LogP contribution in [0.25, 0.3) is 0 Å². The van der Waals surface area contributed by atoms with Crippen LogP contribution in [0, 0.1) is 11.8 Å². The highest BCUT2D eigenvalue weighted by Gasteiger charge is 2.44. The number of rotatable bonds is 3. The van der Waals surface area contributed by atoms with Crippen LogP contribution < -0.4 is 4.90 Å². The third kappa shape index (κ3) is 2.76. The van der Waals surface area contributed by atoms with Crippen molar-refractivity contribution in [1.29, 1.82) is 0 Å². The van der Waals surface area contributed by atoms with Gasteiger partial charge in [-0.2, -0.15) is 4.31 Å². The van der Waals surface area contributed by atoms with E-state index in [2.05, 4.69) is 14.9 Å². The van der Waals surface area contributed by atoms with E-state index < -0.39 is 10.0 Å². The Morgan fingerprint density at radius 3 is 2.29 bits per heavy atom. The average molecular weight is 365 g/mol. The molecule has 2 unspecified atom stereocenters. The third-order valence-electron chi connectivity index (χ3n) is 4.72. The molecular formula is C16H17ClN4O2S. The number of halogens is 1. The van der Waals surface area contributed by atoms with Crippen LogP contribution in [0.5, 0.6) is 0 Å². The second-order valence-electron chi connectivity index (χ2n) is 6.25. The molecule has 8 heteroatoms. The van der Waals surface area contributed by atoms with Crippen molar-refractivity contribution in [3.8, 4) is 0 Å². The minimum atomic E-state index is -3.49. The van der Waals surface area contributed by atoms with Crippen LogP contribution in [-0.4, -0.2) is 48.9 Å². The van der Waals surface area contributed by atoms with Gasteiger partial charge in [-0.05, 0) is 36.1 Å². The summed E-state index contributed by atoms with van der Waals surface area (Å²) < 4.78 is 27.2. The highest BCUT2D eigenvalue weighted by atomic mass is 35.5. The van der Waals surface area contributed by atoms with Crippen molar-refractivity contribution in [2.75, 3.05) is 31.1 Å². The lowest BCUT2D eigenvalue weighted by Crippen LogP contribution is -2.33. The Kier molecular flexibility index (Phi) is 3.94. The first kappa shape index (κ1) is 15.8. The lowest BCUT2D eigenvalue weighted by Gasteiger charge is -2.21. The van der Waals surface area contributed by atoms with E-state index in [1.54, 1.807) is 41.0 Å². The summed E-state index contributed by atoms with van der Waals surface area (Å²) in [6.07, 6.45) is 3.46. The fourth-order valence-electron chi connectivity index (χ4n) is 3.54. The fraction of sp³-hybridized carbons (Fsp3) is 0.375. The fourth-order valence-corrected chi connectivity index (χ4v) is 5.40. The summed E-state index contributed by atoms with van der Waals surface area (Å²) in [4.78, 5) is 11.0. The Morgan fingerprint density at radius 1 is 1.00 bits per heavy atom. The second-order valence-corrected chi connectivity index (χ2v) is 8.63. The van der Waals surface area contributed by atoms with Crippen LogP contribution in [0.4, 0.5) is 5.95 Å². The van der Waals surface area contributed by atoms with Crippen molar-refractivity contribution in [2.24, 2.45) is 11.8 Å². The molecule has 24 heavy (non-hydrogen) atoms. The second kappa shape index (κ2) is 5.98. The molecule has 126 valence electrons. The monoisotopic (exact) mass is 364 g/mol. The zero-order valence-electron chi connectivity index (χ0n) is 12.9. The smallest absolute Gasteiger partial charge is 0.243 e. The molecular weight excluding hydrogens is 348 g/mol. The number of aromatic nitrogens is 2. The molecule has 3 heterocycles. The predicted molar refractivity (Wildman–Crippen MR) is 91.4 cm³/mol. The quantitative estimate of drug-likeness (QED) is 0.832. The molecule has 2 aliphatic rings. The number of hydrogen-bond donors (Lipinski definition) is 0. The van der Waals surface area contributed by atoms with Gasteiger partial charge >= 0.3 is 0 Å². The standard InChI is InChI=1S/C16H17ClN4O2S/c17-14-3-1-4-15(7-14)24(22,23)21-10-12-8-20(9-13(12)11-21)16-18-5-2-6-19-16/h1-7,12-13H,8-11H2. The number of sulfonamides is 1. The molecule has 2 aromatic rings. The molecule has 0 bridgehead atoms. The number of hydrogen-bond acceptors (Lipinski definition) is 5. The van der Waals surface area contributed by atoms with Gasteiger partial charge < -0.3 is 4.90 Å². The molecule has 0 amide bonds. The average Bonchev–Trinajstić information content (AvgIpc) is 3.15.